The number of pyridine rings is 1. The van der Waals surface area contributed by atoms with Gasteiger partial charge in [-0.3, -0.25) is 4.98 Å². The van der Waals surface area contributed by atoms with E-state index in [9.17, 15) is 4.39 Å². The fraction of sp³-hybridized carbons (Fsp3) is 0. The van der Waals surface area contributed by atoms with Crippen LogP contribution < -0.4 is 0 Å². The van der Waals surface area contributed by atoms with Crippen molar-refractivity contribution in [2.75, 3.05) is 0 Å². The van der Waals surface area contributed by atoms with Crippen LogP contribution in [0.1, 0.15) is 0 Å². The van der Waals surface area contributed by atoms with E-state index in [1.807, 2.05) is 12.1 Å². The van der Waals surface area contributed by atoms with Crippen LogP contribution in [-0.2, 0) is 0 Å². The molecular formula is C14H7ClFN5S. The van der Waals surface area contributed by atoms with E-state index in [1.165, 1.54) is 29.5 Å². The molecule has 0 spiro atoms. The molecule has 4 aromatic rings. The predicted molar refractivity (Wildman–Crippen MR) is 82.3 cm³/mol. The van der Waals surface area contributed by atoms with E-state index in [2.05, 4.69) is 20.3 Å². The van der Waals surface area contributed by atoms with Gasteiger partial charge in [0.05, 0.1) is 5.02 Å². The minimum absolute atomic E-state index is 0.388. The van der Waals surface area contributed by atoms with E-state index in [0.29, 0.717) is 21.4 Å². The van der Waals surface area contributed by atoms with Gasteiger partial charge in [-0.05, 0) is 30.3 Å². The highest BCUT2D eigenvalue weighted by atomic mass is 35.5. The number of hydrogen-bond acceptors (Lipinski definition) is 5. The normalized spacial score (nSPS) is 11.2. The van der Waals surface area contributed by atoms with Crippen molar-refractivity contribution in [3.63, 3.8) is 0 Å². The first-order valence-corrected chi connectivity index (χ1v) is 7.50. The maximum absolute atomic E-state index is 13.5. The molecule has 0 atom stereocenters. The fourth-order valence-corrected chi connectivity index (χ4v) is 3.11. The summed E-state index contributed by atoms with van der Waals surface area (Å²) in [6.45, 7) is 0. The van der Waals surface area contributed by atoms with Crippen molar-refractivity contribution in [3.8, 4) is 22.0 Å². The molecule has 4 rings (SSSR count). The van der Waals surface area contributed by atoms with Crippen LogP contribution >= 0.6 is 22.9 Å². The van der Waals surface area contributed by atoms with Crippen LogP contribution in [0.4, 0.5) is 4.39 Å². The number of aromatic nitrogens is 5. The highest BCUT2D eigenvalue weighted by molar-refractivity contribution is 7.19. The summed E-state index contributed by atoms with van der Waals surface area (Å²) in [4.78, 5) is 4.59. The SMILES string of the molecule is Fc1ccc(Cl)c(-c2nnc3sc(-c4ccncc4)nn23)c1. The minimum Gasteiger partial charge on any atom is -0.265 e. The molecule has 8 heteroatoms. The van der Waals surface area contributed by atoms with Crippen molar-refractivity contribution in [3.05, 3.63) is 53.6 Å². The molecule has 0 aliphatic carbocycles. The molecule has 0 aliphatic heterocycles. The fourth-order valence-electron chi connectivity index (χ4n) is 2.06. The van der Waals surface area contributed by atoms with E-state index in [4.69, 9.17) is 11.6 Å². The van der Waals surface area contributed by atoms with E-state index in [0.717, 1.165) is 10.6 Å². The van der Waals surface area contributed by atoms with Gasteiger partial charge in [-0.2, -0.15) is 9.61 Å². The van der Waals surface area contributed by atoms with E-state index in [-0.39, 0.29) is 5.82 Å². The second kappa shape index (κ2) is 5.11. The van der Waals surface area contributed by atoms with E-state index >= 15 is 0 Å². The summed E-state index contributed by atoms with van der Waals surface area (Å²) in [6.07, 6.45) is 3.39. The van der Waals surface area contributed by atoms with E-state index < -0.39 is 0 Å². The van der Waals surface area contributed by atoms with Gasteiger partial charge in [0.25, 0.3) is 0 Å². The van der Waals surface area contributed by atoms with Crippen molar-refractivity contribution < 1.29 is 4.39 Å². The zero-order chi connectivity index (χ0) is 15.1. The van der Waals surface area contributed by atoms with Gasteiger partial charge in [0, 0.05) is 23.5 Å². The number of benzene rings is 1. The Labute approximate surface area is 133 Å². The Balaban J connectivity index is 1.90. The van der Waals surface area contributed by atoms with Gasteiger partial charge >= 0.3 is 0 Å². The van der Waals surface area contributed by atoms with Crippen LogP contribution in [0.2, 0.25) is 5.02 Å². The predicted octanol–water partition coefficient (Wildman–Crippen LogP) is 3.71. The largest absolute Gasteiger partial charge is 0.265 e. The van der Waals surface area contributed by atoms with Gasteiger partial charge in [0.15, 0.2) is 5.82 Å². The second-order valence-electron chi connectivity index (χ2n) is 4.49. The first-order chi connectivity index (χ1) is 10.7. The van der Waals surface area contributed by atoms with Crippen LogP contribution in [-0.4, -0.2) is 24.8 Å². The van der Waals surface area contributed by atoms with Crippen molar-refractivity contribution in [1.29, 1.82) is 0 Å². The Morgan fingerprint density at radius 3 is 2.73 bits per heavy atom. The molecule has 0 amide bonds. The van der Waals surface area contributed by atoms with Crippen molar-refractivity contribution in [2.24, 2.45) is 0 Å². The highest BCUT2D eigenvalue weighted by Gasteiger charge is 2.17. The van der Waals surface area contributed by atoms with Gasteiger partial charge in [-0.15, -0.1) is 10.2 Å². The second-order valence-corrected chi connectivity index (χ2v) is 5.85. The molecule has 0 unspecified atom stereocenters. The standard InChI is InChI=1S/C14H7ClFN5S/c15-11-2-1-9(16)7-10(11)12-18-19-14-21(12)20-13(22-14)8-3-5-17-6-4-8/h1-7H. The minimum atomic E-state index is -0.388. The monoisotopic (exact) mass is 331 g/mol. The maximum atomic E-state index is 13.5. The van der Waals surface area contributed by atoms with Crippen LogP contribution in [0.25, 0.3) is 26.9 Å². The zero-order valence-corrected chi connectivity index (χ0v) is 12.5. The summed E-state index contributed by atoms with van der Waals surface area (Å²) >= 11 is 7.52. The molecule has 3 heterocycles. The topological polar surface area (TPSA) is 56.0 Å². The summed E-state index contributed by atoms with van der Waals surface area (Å²) < 4.78 is 15.0. The Morgan fingerprint density at radius 2 is 1.91 bits per heavy atom. The quantitative estimate of drug-likeness (QED) is 0.562. The van der Waals surface area contributed by atoms with Crippen LogP contribution in [0, 0.1) is 5.82 Å². The molecule has 0 bridgehead atoms. The first kappa shape index (κ1) is 13.3. The molecule has 0 saturated heterocycles. The third-order valence-electron chi connectivity index (χ3n) is 3.09. The van der Waals surface area contributed by atoms with Crippen molar-refractivity contribution in [1.82, 2.24) is 24.8 Å². The summed E-state index contributed by atoms with van der Waals surface area (Å²) in [6, 6.07) is 7.84. The Kier molecular flexibility index (Phi) is 3.09. The Morgan fingerprint density at radius 1 is 1.09 bits per heavy atom. The smallest absolute Gasteiger partial charge is 0.235 e. The number of nitrogens with zero attached hydrogens (tertiary/aromatic N) is 5. The maximum Gasteiger partial charge on any atom is 0.235 e. The van der Waals surface area contributed by atoms with Gasteiger partial charge in [-0.1, -0.05) is 22.9 Å². The molecule has 0 saturated carbocycles. The summed E-state index contributed by atoms with van der Waals surface area (Å²) in [5.41, 5.74) is 1.39. The Bertz CT molecular complexity index is 966. The lowest BCUT2D eigenvalue weighted by atomic mass is 10.2. The highest BCUT2D eigenvalue weighted by Crippen LogP contribution is 2.31. The molecule has 3 aromatic heterocycles. The third kappa shape index (κ3) is 2.15. The molecule has 108 valence electrons. The van der Waals surface area contributed by atoms with Crippen molar-refractivity contribution >= 4 is 27.9 Å². The number of rotatable bonds is 2. The summed E-state index contributed by atoms with van der Waals surface area (Å²) in [5.74, 6) is 0.0248. The summed E-state index contributed by atoms with van der Waals surface area (Å²) in [5, 5.41) is 13.8. The lowest BCUT2D eigenvalue weighted by Crippen LogP contribution is -1.92. The molecular weight excluding hydrogens is 325 g/mol. The van der Waals surface area contributed by atoms with Gasteiger partial charge in [0.1, 0.15) is 10.8 Å². The molecule has 1 aromatic carbocycles. The van der Waals surface area contributed by atoms with Crippen molar-refractivity contribution in [2.45, 2.75) is 0 Å². The molecule has 0 N–H and O–H groups in total. The molecule has 0 radical (unpaired) electrons. The van der Waals surface area contributed by atoms with E-state index in [1.54, 1.807) is 16.9 Å². The summed E-state index contributed by atoms with van der Waals surface area (Å²) in [7, 11) is 0. The molecule has 5 nitrogen and oxygen atoms in total. The Hall–Kier alpha value is -2.38. The molecule has 0 fully saturated rings. The lowest BCUT2D eigenvalue weighted by molar-refractivity contribution is 0.628. The van der Waals surface area contributed by atoms with Gasteiger partial charge < -0.3 is 0 Å². The third-order valence-corrected chi connectivity index (χ3v) is 4.36. The lowest BCUT2D eigenvalue weighted by Gasteiger charge is -2.00. The van der Waals surface area contributed by atoms with Gasteiger partial charge in [0.2, 0.25) is 4.96 Å². The molecule has 0 aliphatic rings. The average molecular weight is 332 g/mol. The van der Waals surface area contributed by atoms with Crippen LogP contribution in [0.15, 0.2) is 42.7 Å². The van der Waals surface area contributed by atoms with Crippen LogP contribution in [0.5, 0.6) is 0 Å². The van der Waals surface area contributed by atoms with Crippen LogP contribution in [0.3, 0.4) is 0 Å². The van der Waals surface area contributed by atoms with Gasteiger partial charge in [-0.25, -0.2) is 4.39 Å². The number of hydrogen-bond donors (Lipinski definition) is 0. The molecule has 22 heavy (non-hydrogen) atoms. The first-order valence-electron chi connectivity index (χ1n) is 6.30. The average Bonchev–Trinajstić information content (AvgIpc) is 3.11. The zero-order valence-electron chi connectivity index (χ0n) is 10.9. The number of fused-ring (bicyclic) bond motifs is 1. The number of halogens is 2.